The standard InChI is InChI=1S/C20H19ClN4O4/c1-3-28-16-11-13(10-15(21)19(16)27-2)4-5-17(26)23-12-18-24-20(25-29-18)14-6-8-22-9-7-14/h4-11H,3,12H2,1-2H3,(H,23,26)/b5-4+. The number of pyridine rings is 1. The SMILES string of the molecule is CCOc1cc(/C=C/C(=O)NCc2nc(-c3ccncc3)no2)cc(Cl)c1OC. The smallest absolute Gasteiger partial charge is 0.246 e. The number of hydrogen-bond donors (Lipinski definition) is 1. The molecule has 0 aliphatic rings. The van der Waals surface area contributed by atoms with E-state index in [0.717, 1.165) is 5.56 Å². The fourth-order valence-corrected chi connectivity index (χ4v) is 2.78. The molecule has 2 heterocycles. The van der Waals surface area contributed by atoms with Gasteiger partial charge in [-0.05, 0) is 42.8 Å². The van der Waals surface area contributed by atoms with Gasteiger partial charge in [0.2, 0.25) is 17.6 Å². The van der Waals surface area contributed by atoms with Gasteiger partial charge in [0.1, 0.15) is 0 Å². The maximum atomic E-state index is 12.1. The summed E-state index contributed by atoms with van der Waals surface area (Å²) in [5.74, 6) is 1.38. The van der Waals surface area contributed by atoms with Crippen LogP contribution >= 0.6 is 11.6 Å². The van der Waals surface area contributed by atoms with Crippen LogP contribution in [0.1, 0.15) is 18.4 Å². The van der Waals surface area contributed by atoms with E-state index in [1.165, 1.54) is 13.2 Å². The molecule has 0 spiro atoms. The fraction of sp³-hybridized carbons (Fsp3) is 0.200. The third-order valence-corrected chi connectivity index (χ3v) is 4.06. The van der Waals surface area contributed by atoms with Crippen molar-refractivity contribution in [3.63, 3.8) is 0 Å². The van der Waals surface area contributed by atoms with Crippen LogP contribution in [0.15, 0.2) is 47.3 Å². The molecule has 3 rings (SSSR count). The van der Waals surface area contributed by atoms with Crippen molar-refractivity contribution in [3.8, 4) is 22.9 Å². The molecule has 0 fully saturated rings. The zero-order chi connectivity index (χ0) is 20.6. The number of nitrogens with one attached hydrogen (secondary N) is 1. The monoisotopic (exact) mass is 414 g/mol. The van der Waals surface area contributed by atoms with Crippen molar-refractivity contribution < 1.29 is 18.8 Å². The van der Waals surface area contributed by atoms with Crippen molar-refractivity contribution >= 4 is 23.6 Å². The minimum absolute atomic E-state index is 0.106. The molecule has 29 heavy (non-hydrogen) atoms. The number of rotatable bonds is 8. The van der Waals surface area contributed by atoms with Gasteiger partial charge in [-0.15, -0.1) is 0 Å². The quantitative estimate of drug-likeness (QED) is 0.563. The lowest BCUT2D eigenvalue weighted by Gasteiger charge is -2.11. The highest BCUT2D eigenvalue weighted by Crippen LogP contribution is 2.36. The molecule has 150 valence electrons. The maximum Gasteiger partial charge on any atom is 0.246 e. The topological polar surface area (TPSA) is 99.4 Å². The van der Waals surface area contributed by atoms with Crippen molar-refractivity contribution in [2.45, 2.75) is 13.5 Å². The number of amides is 1. The van der Waals surface area contributed by atoms with Crippen LogP contribution in [0.2, 0.25) is 5.02 Å². The Bertz CT molecular complexity index is 1000. The molecule has 1 amide bonds. The van der Waals surface area contributed by atoms with Gasteiger partial charge < -0.3 is 19.3 Å². The molecular formula is C20H19ClN4O4. The second-order valence-electron chi connectivity index (χ2n) is 5.77. The van der Waals surface area contributed by atoms with Gasteiger partial charge in [-0.3, -0.25) is 9.78 Å². The lowest BCUT2D eigenvalue weighted by molar-refractivity contribution is -0.116. The number of benzene rings is 1. The van der Waals surface area contributed by atoms with Crippen molar-refractivity contribution in [3.05, 3.63) is 59.2 Å². The molecular weight excluding hydrogens is 396 g/mol. The molecule has 3 aromatic rings. The van der Waals surface area contributed by atoms with E-state index in [9.17, 15) is 4.79 Å². The number of nitrogens with zero attached hydrogens (tertiary/aromatic N) is 3. The van der Waals surface area contributed by atoms with Crippen molar-refractivity contribution in [2.75, 3.05) is 13.7 Å². The van der Waals surface area contributed by atoms with E-state index in [2.05, 4.69) is 20.4 Å². The van der Waals surface area contributed by atoms with Crippen LogP contribution in [0.4, 0.5) is 0 Å². The van der Waals surface area contributed by atoms with E-state index in [1.807, 2.05) is 6.92 Å². The summed E-state index contributed by atoms with van der Waals surface area (Å²) in [5, 5.41) is 6.97. The van der Waals surface area contributed by atoms with E-state index >= 15 is 0 Å². The van der Waals surface area contributed by atoms with Crippen molar-refractivity contribution in [2.24, 2.45) is 0 Å². The molecule has 2 aromatic heterocycles. The van der Waals surface area contributed by atoms with E-state index in [0.29, 0.717) is 40.4 Å². The van der Waals surface area contributed by atoms with Gasteiger partial charge in [0.05, 0.1) is 25.3 Å². The molecule has 9 heteroatoms. The Kier molecular flexibility index (Phi) is 6.80. The highest BCUT2D eigenvalue weighted by Gasteiger charge is 2.11. The van der Waals surface area contributed by atoms with Gasteiger partial charge in [-0.25, -0.2) is 0 Å². The molecule has 0 saturated carbocycles. The van der Waals surface area contributed by atoms with Gasteiger partial charge in [-0.2, -0.15) is 4.98 Å². The predicted molar refractivity (Wildman–Crippen MR) is 108 cm³/mol. The fourth-order valence-electron chi connectivity index (χ4n) is 2.48. The molecule has 0 aliphatic heterocycles. The van der Waals surface area contributed by atoms with E-state index in [1.54, 1.807) is 42.7 Å². The molecule has 0 radical (unpaired) electrons. The number of hydrogen-bond acceptors (Lipinski definition) is 7. The first-order valence-electron chi connectivity index (χ1n) is 8.80. The summed E-state index contributed by atoms with van der Waals surface area (Å²) in [7, 11) is 1.52. The van der Waals surface area contributed by atoms with Crippen LogP contribution < -0.4 is 14.8 Å². The summed E-state index contributed by atoms with van der Waals surface area (Å²) in [6, 6.07) is 6.97. The molecule has 0 unspecified atom stereocenters. The average Bonchev–Trinajstić information content (AvgIpc) is 3.21. The maximum absolute atomic E-state index is 12.1. The first-order chi connectivity index (χ1) is 14.1. The lowest BCUT2D eigenvalue weighted by Crippen LogP contribution is -2.20. The molecule has 1 aromatic carbocycles. The Morgan fingerprint density at radius 3 is 2.83 bits per heavy atom. The summed E-state index contributed by atoms with van der Waals surface area (Å²) in [5.41, 5.74) is 1.48. The summed E-state index contributed by atoms with van der Waals surface area (Å²) in [6.45, 7) is 2.43. The number of carbonyl (C=O) groups excluding carboxylic acids is 1. The minimum atomic E-state index is -0.321. The van der Waals surface area contributed by atoms with Crippen LogP contribution in [0, 0.1) is 0 Å². The Morgan fingerprint density at radius 2 is 2.10 bits per heavy atom. The van der Waals surface area contributed by atoms with Gasteiger partial charge >= 0.3 is 0 Å². The largest absolute Gasteiger partial charge is 0.491 e. The summed E-state index contributed by atoms with van der Waals surface area (Å²) in [6.07, 6.45) is 6.29. The van der Waals surface area contributed by atoms with Crippen molar-refractivity contribution in [1.82, 2.24) is 20.4 Å². The van der Waals surface area contributed by atoms with Crippen LogP contribution in [-0.2, 0) is 11.3 Å². The van der Waals surface area contributed by atoms with Gasteiger partial charge in [0.15, 0.2) is 11.5 Å². The highest BCUT2D eigenvalue weighted by atomic mass is 35.5. The Hall–Kier alpha value is -3.39. The molecule has 0 aliphatic carbocycles. The summed E-state index contributed by atoms with van der Waals surface area (Å²) < 4.78 is 15.9. The van der Waals surface area contributed by atoms with Gasteiger partial charge in [0, 0.05) is 24.0 Å². The third kappa shape index (κ3) is 5.32. The molecule has 0 bridgehead atoms. The van der Waals surface area contributed by atoms with Crippen LogP contribution in [0.5, 0.6) is 11.5 Å². The summed E-state index contributed by atoms with van der Waals surface area (Å²) in [4.78, 5) is 20.3. The molecule has 8 nitrogen and oxygen atoms in total. The number of methoxy groups -OCH3 is 1. The molecule has 0 atom stereocenters. The number of ether oxygens (including phenoxy) is 2. The molecule has 0 saturated heterocycles. The van der Waals surface area contributed by atoms with E-state index in [4.69, 9.17) is 25.6 Å². The van der Waals surface area contributed by atoms with Gasteiger partial charge in [0.25, 0.3) is 0 Å². The zero-order valence-corrected chi connectivity index (χ0v) is 16.6. The van der Waals surface area contributed by atoms with Crippen LogP contribution in [0.25, 0.3) is 17.5 Å². The first kappa shape index (κ1) is 20.3. The number of carbonyl (C=O) groups is 1. The summed E-state index contributed by atoms with van der Waals surface area (Å²) >= 11 is 6.21. The zero-order valence-electron chi connectivity index (χ0n) is 15.9. The second kappa shape index (κ2) is 9.70. The Labute approximate surface area is 172 Å². The minimum Gasteiger partial charge on any atom is -0.491 e. The first-order valence-corrected chi connectivity index (χ1v) is 9.17. The van der Waals surface area contributed by atoms with Crippen LogP contribution in [0.3, 0.4) is 0 Å². The van der Waals surface area contributed by atoms with Gasteiger partial charge in [-0.1, -0.05) is 16.8 Å². The number of aromatic nitrogens is 3. The van der Waals surface area contributed by atoms with Crippen LogP contribution in [-0.4, -0.2) is 34.7 Å². The Morgan fingerprint density at radius 1 is 1.31 bits per heavy atom. The second-order valence-corrected chi connectivity index (χ2v) is 6.17. The highest BCUT2D eigenvalue weighted by molar-refractivity contribution is 6.32. The average molecular weight is 415 g/mol. The normalized spacial score (nSPS) is 10.9. The van der Waals surface area contributed by atoms with E-state index < -0.39 is 0 Å². The third-order valence-electron chi connectivity index (χ3n) is 3.78. The predicted octanol–water partition coefficient (Wildman–Crippen LogP) is 3.52. The lowest BCUT2D eigenvalue weighted by atomic mass is 10.2. The molecule has 1 N–H and O–H groups in total. The van der Waals surface area contributed by atoms with Crippen molar-refractivity contribution in [1.29, 1.82) is 0 Å². The Balaban J connectivity index is 1.61. The van der Waals surface area contributed by atoms with E-state index in [-0.39, 0.29) is 12.5 Å². The number of halogens is 1.